The van der Waals surface area contributed by atoms with Gasteiger partial charge in [-0.3, -0.25) is 10.6 Å². The summed E-state index contributed by atoms with van der Waals surface area (Å²) in [7, 11) is 0. The van der Waals surface area contributed by atoms with Gasteiger partial charge in [-0.15, -0.1) is 0 Å². The van der Waals surface area contributed by atoms with Crippen molar-refractivity contribution in [3.05, 3.63) is 0 Å². The molecule has 0 aromatic heterocycles. The molecule has 0 radical (unpaired) electrons. The first kappa shape index (κ1) is 14.8. The summed E-state index contributed by atoms with van der Waals surface area (Å²) < 4.78 is 0. The van der Waals surface area contributed by atoms with Gasteiger partial charge in [-0.1, -0.05) is 32.1 Å². The molecule has 3 fully saturated rings. The predicted molar refractivity (Wildman–Crippen MR) is 84.8 cm³/mol. The van der Waals surface area contributed by atoms with Gasteiger partial charge in [0.15, 0.2) is 0 Å². The monoisotopic (exact) mass is 279 g/mol. The molecule has 0 unspecified atom stereocenters. The summed E-state index contributed by atoms with van der Waals surface area (Å²) in [5.74, 6) is 1.68. The van der Waals surface area contributed by atoms with E-state index in [2.05, 4.69) is 16.0 Å². The molecule has 116 valence electrons. The third kappa shape index (κ3) is 3.20. The van der Waals surface area contributed by atoms with Crippen molar-refractivity contribution in [3.8, 4) is 0 Å². The van der Waals surface area contributed by atoms with E-state index in [0.717, 1.165) is 11.8 Å². The summed E-state index contributed by atoms with van der Waals surface area (Å²) in [6.45, 7) is 4.85. The Kier molecular flexibility index (Phi) is 5.36. The fourth-order valence-corrected chi connectivity index (χ4v) is 4.84. The van der Waals surface area contributed by atoms with Crippen LogP contribution in [-0.2, 0) is 0 Å². The minimum Gasteiger partial charge on any atom is -0.317 e. The molecule has 0 aromatic rings. The third-order valence-electron chi connectivity index (χ3n) is 5.92. The minimum absolute atomic E-state index is 0.262. The van der Waals surface area contributed by atoms with Gasteiger partial charge in [0.2, 0.25) is 0 Å². The quantitative estimate of drug-likeness (QED) is 0.727. The second-order valence-corrected chi connectivity index (χ2v) is 7.14. The Morgan fingerprint density at radius 1 is 0.550 bits per heavy atom. The van der Waals surface area contributed by atoms with Crippen molar-refractivity contribution in [2.75, 3.05) is 26.2 Å². The van der Waals surface area contributed by atoms with E-state index in [1.165, 1.54) is 90.4 Å². The zero-order valence-electron chi connectivity index (χ0n) is 13.1. The molecule has 2 heterocycles. The lowest BCUT2D eigenvalue weighted by molar-refractivity contribution is 0.0319. The van der Waals surface area contributed by atoms with Crippen molar-refractivity contribution in [1.82, 2.24) is 16.0 Å². The van der Waals surface area contributed by atoms with Gasteiger partial charge in [-0.2, -0.15) is 0 Å². The molecule has 1 saturated carbocycles. The zero-order valence-corrected chi connectivity index (χ0v) is 13.1. The summed E-state index contributed by atoms with van der Waals surface area (Å²) in [6, 6.07) is 0. The van der Waals surface area contributed by atoms with E-state index < -0.39 is 0 Å². The number of piperidine rings is 1. The summed E-state index contributed by atoms with van der Waals surface area (Å²) >= 11 is 0. The van der Waals surface area contributed by atoms with Crippen molar-refractivity contribution in [3.63, 3.8) is 0 Å². The number of rotatable bonds is 2. The van der Waals surface area contributed by atoms with Gasteiger partial charge in [0.25, 0.3) is 0 Å². The molecule has 3 N–H and O–H groups in total. The molecule has 0 atom stereocenters. The van der Waals surface area contributed by atoms with Crippen LogP contribution in [0.3, 0.4) is 0 Å². The van der Waals surface area contributed by atoms with Gasteiger partial charge in [0, 0.05) is 0 Å². The highest BCUT2D eigenvalue weighted by atomic mass is 15.2. The van der Waals surface area contributed by atoms with Crippen LogP contribution in [0.1, 0.15) is 64.2 Å². The fourth-order valence-electron chi connectivity index (χ4n) is 4.84. The van der Waals surface area contributed by atoms with Crippen LogP contribution in [0.25, 0.3) is 0 Å². The Labute approximate surface area is 124 Å². The van der Waals surface area contributed by atoms with E-state index in [-0.39, 0.29) is 5.66 Å². The van der Waals surface area contributed by atoms with Crippen LogP contribution >= 0.6 is 0 Å². The lowest BCUT2D eigenvalue weighted by Crippen LogP contribution is -2.70. The normalized spacial score (nSPS) is 30.6. The average Bonchev–Trinajstić information content (AvgIpc) is 2.48. The lowest BCUT2D eigenvalue weighted by atomic mass is 9.71. The molecule has 0 spiro atoms. The molecule has 3 rings (SSSR count). The maximum absolute atomic E-state index is 3.98. The Hall–Kier alpha value is -0.120. The Morgan fingerprint density at radius 2 is 1.10 bits per heavy atom. The lowest BCUT2D eigenvalue weighted by Gasteiger charge is -2.52. The Balaban J connectivity index is 1.75. The second kappa shape index (κ2) is 7.24. The summed E-state index contributed by atoms with van der Waals surface area (Å²) in [4.78, 5) is 0. The van der Waals surface area contributed by atoms with E-state index in [9.17, 15) is 0 Å². The van der Waals surface area contributed by atoms with Crippen LogP contribution < -0.4 is 16.0 Å². The molecule has 3 heteroatoms. The molecule has 1 aliphatic carbocycles. The van der Waals surface area contributed by atoms with Crippen molar-refractivity contribution in [1.29, 1.82) is 0 Å². The highest BCUT2D eigenvalue weighted by Crippen LogP contribution is 2.38. The molecule has 0 aromatic carbocycles. The highest BCUT2D eigenvalue weighted by Gasteiger charge is 2.45. The standard InChI is InChI=1S/C17H33N3/c1-2-4-7-15(8-5-3-1)17(19-11-6-12-20-17)16-9-13-18-14-10-16/h15-16,18-20H,1-14H2. The average molecular weight is 279 g/mol. The molecular weight excluding hydrogens is 246 g/mol. The fraction of sp³-hybridized carbons (Fsp3) is 1.00. The van der Waals surface area contributed by atoms with E-state index in [1.807, 2.05) is 0 Å². The Morgan fingerprint density at radius 3 is 1.75 bits per heavy atom. The summed E-state index contributed by atoms with van der Waals surface area (Å²) in [5, 5.41) is 11.5. The molecule has 20 heavy (non-hydrogen) atoms. The third-order valence-corrected chi connectivity index (χ3v) is 5.92. The van der Waals surface area contributed by atoms with Crippen molar-refractivity contribution < 1.29 is 0 Å². The highest BCUT2D eigenvalue weighted by molar-refractivity contribution is 5.01. The van der Waals surface area contributed by atoms with Gasteiger partial charge in [0.1, 0.15) is 0 Å². The van der Waals surface area contributed by atoms with Crippen LogP contribution in [0, 0.1) is 11.8 Å². The largest absolute Gasteiger partial charge is 0.317 e. The number of hydrogen-bond acceptors (Lipinski definition) is 3. The van der Waals surface area contributed by atoms with Crippen LogP contribution in [0.15, 0.2) is 0 Å². The van der Waals surface area contributed by atoms with E-state index in [1.54, 1.807) is 0 Å². The van der Waals surface area contributed by atoms with Crippen LogP contribution in [0.5, 0.6) is 0 Å². The van der Waals surface area contributed by atoms with Crippen molar-refractivity contribution >= 4 is 0 Å². The molecule has 2 aliphatic heterocycles. The van der Waals surface area contributed by atoms with E-state index in [0.29, 0.717) is 0 Å². The summed E-state index contributed by atoms with van der Waals surface area (Å²) in [6.07, 6.45) is 14.1. The minimum atomic E-state index is 0.262. The van der Waals surface area contributed by atoms with Crippen LogP contribution in [0.2, 0.25) is 0 Å². The SMILES string of the molecule is C1CCCC(C2(C3CCNCC3)NCCCN2)CCC1. The first-order valence-corrected chi connectivity index (χ1v) is 9.12. The van der Waals surface area contributed by atoms with E-state index in [4.69, 9.17) is 0 Å². The summed E-state index contributed by atoms with van der Waals surface area (Å²) in [5.41, 5.74) is 0.262. The van der Waals surface area contributed by atoms with Crippen LogP contribution in [0.4, 0.5) is 0 Å². The number of hydrogen-bond donors (Lipinski definition) is 3. The van der Waals surface area contributed by atoms with Crippen LogP contribution in [-0.4, -0.2) is 31.8 Å². The molecule has 0 amide bonds. The van der Waals surface area contributed by atoms with Gasteiger partial charge < -0.3 is 5.32 Å². The molecule has 0 bridgehead atoms. The van der Waals surface area contributed by atoms with Gasteiger partial charge in [0.05, 0.1) is 5.66 Å². The molecule has 3 aliphatic rings. The smallest absolute Gasteiger partial charge is 0.0746 e. The first-order chi connectivity index (χ1) is 9.92. The van der Waals surface area contributed by atoms with Gasteiger partial charge in [-0.25, -0.2) is 0 Å². The van der Waals surface area contributed by atoms with Crippen molar-refractivity contribution in [2.24, 2.45) is 11.8 Å². The maximum Gasteiger partial charge on any atom is 0.0746 e. The predicted octanol–water partition coefficient (Wildman–Crippen LogP) is 2.63. The molecule has 2 saturated heterocycles. The zero-order chi connectivity index (χ0) is 13.7. The van der Waals surface area contributed by atoms with E-state index >= 15 is 0 Å². The molecular formula is C17H33N3. The topological polar surface area (TPSA) is 36.1 Å². The van der Waals surface area contributed by atoms with Gasteiger partial charge in [-0.05, 0) is 70.1 Å². The van der Waals surface area contributed by atoms with Gasteiger partial charge >= 0.3 is 0 Å². The second-order valence-electron chi connectivity index (χ2n) is 7.14. The van der Waals surface area contributed by atoms with Crippen molar-refractivity contribution in [2.45, 2.75) is 69.9 Å². The Bertz CT molecular complexity index is 272. The molecule has 3 nitrogen and oxygen atoms in total. The maximum atomic E-state index is 3.98. The first-order valence-electron chi connectivity index (χ1n) is 9.12. The number of nitrogens with one attached hydrogen (secondary N) is 3.